The minimum atomic E-state index is 0.0905. The molecule has 19 heavy (non-hydrogen) atoms. The second-order valence-electron chi connectivity index (χ2n) is 5.20. The van der Waals surface area contributed by atoms with Crippen LogP contribution in [0.15, 0.2) is 35.3 Å². The molecule has 0 radical (unpaired) electrons. The molecule has 0 unspecified atom stereocenters. The zero-order valence-corrected chi connectivity index (χ0v) is 11.5. The van der Waals surface area contributed by atoms with E-state index in [2.05, 4.69) is 5.32 Å². The topological polar surface area (TPSA) is 34.0 Å². The molecule has 0 saturated carbocycles. The monoisotopic (exact) mass is 276 g/mol. The fourth-order valence-electron chi connectivity index (χ4n) is 2.75. The maximum Gasteiger partial charge on any atom is 0.258 e. The van der Waals surface area contributed by atoms with Crippen LogP contribution in [0.4, 0.5) is 0 Å². The lowest BCUT2D eigenvalue weighted by atomic mass is 9.98. The van der Waals surface area contributed by atoms with Crippen LogP contribution in [0.25, 0.3) is 10.8 Å². The second-order valence-corrected chi connectivity index (χ2v) is 5.63. The number of nitrogens with one attached hydrogen (secondary N) is 1. The number of piperidine rings is 1. The summed E-state index contributed by atoms with van der Waals surface area (Å²) in [6.07, 6.45) is 4.18. The number of benzene rings is 1. The maximum atomic E-state index is 12.4. The van der Waals surface area contributed by atoms with E-state index in [1.165, 1.54) is 0 Å². The van der Waals surface area contributed by atoms with Crippen molar-refractivity contribution < 1.29 is 0 Å². The number of aromatic nitrogens is 1. The molecule has 1 aromatic carbocycles. The molecule has 0 spiro atoms. The third-order valence-corrected chi connectivity index (χ3v) is 4.09. The Kier molecular flexibility index (Phi) is 3.58. The van der Waals surface area contributed by atoms with Crippen LogP contribution in [0.2, 0.25) is 5.02 Å². The Bertz CT molecular complexity index is 644. The maximum absolute atomic E-state index is 12.4. The lowest BCUT2D eigenvalue weighted by Gasteiger charge is -2.23. The highest BCUT2D eigenvalue weighted by Crippen LogP contribution is 2.18. The molecule has 0 aliphatic carbocycles. The van der Waals surface area contributed by atoms with Crippen molar-refractivity contribution in [3.8, 4) is 0 Å². The Morgan fingerprint density at radius 1 is 1.26 bits per heavy atom. The summed E-state index contributed by atoms with van der Waals surface area (Å²) in [5.74, 6) is 0.601. The first kappa shape index (κ1) is 12.7. The van der Waals surface area contributed by atoms with Crippen molar-refractivity contribution in [3.05, 3.63) is 45.8 Å². The van der Waals surface area contributed by atoms with Crippen molar-refractivity contribution in [2.45, 2.75) is 19.4 Å². The summed E-state index contributed by atoms with van der Waals surface area (Å²) in [7, 11) is 0. The van der Waals surface area contributed by atoms with Gasteiger partial charge in [-0.05, 0) is 61.5 Å². The minimum absolute atomic E-state index is 0.0905. The van der Waals surface area contributed by atoms with Crippen molar-refractivity contribution in [2.75, 3.05) is 13.1 Å². The van der Waals surface area contributed by atoms with Gasteiger partial charge in [0.05, 0.1) is 0 Å². The van der Waals surface area contributed by atoms with Gasteiger partial charge in [-0.15, -0.1) is 0 Å². The molecule has 0 bridgehead atoms. The molecular weight excluding hydrogens is 260 g/mol. The predicted octanol–water partition coefficient (Wildman–Crippen LogP) is 2.65. The number of pyridine rings is 1. The van der Waals surface area contributed by atoms with Crippen molar-refractivity contribution in [1.82, 2.24) is 9.88 Å². The second kappa shape index (κ2) is 5.35. The average molecular weight is 277 g/mol. The molecule has 1 aliphatic rings. The predicted molar refractivity (Wildman–Crippen MR) is 78.8 cm³/mol. The third kappa shape index (κ3) is 2.67. The van der Waals surface area contributed by atoms with Crippen LogP contribution in [-0.4, -0.2) is 17.7 Å². The fraction of sp³-hybridized carbons (Fsp3) is 0.400. The lowest BCUT2D eigenvalue weighted by Crippen LogP contribution is -2.32. The van der Waals surface area contributed by atoms with Gasteiger partial charge in [-0.1, -0.05) is 11.6 Å². The van der Waals surface area contributed by atoms with E-state index in [1.54, 1.807) is 6.07 Å². The van der Waals surface area contributed by atoms with Gasteiger partial charge in [-0.25, -0.2) is 0 Å². The van der Waals surface area contributed by atoms with Crippen LogP contribution in [0.5, 0.6) is 0 Å². The van der Waals surface area contributed by atoms with Gasteiger partial charge >= 0.3 is 0 Å². The van der Waals surface area contributed by atoms with E-state index in [9.17, 15) is 4.79 Å². The Morgan fingerprint density at radius 3 is 2.84 bits per heavy atom. The highest BCUT2D eigenvalue weighted by atomic mass is 35.5. The van der Waals surface area contributed by atoms with E-state index in [0.29, 0.717) is 10.9 Å². The highest BCUT2D eigenvalue weighted by Gasteiger charge is 2.14. The first-order valence-corrected chi connectivity index (χ1v) is 7.11. The van der Waals surface area contributed by atoms with Gasteiger partial charge in [0, 0.05) is 23.2 Å². The number of halogens is 1. The normalized spacial score (nSPS) is 16.9. The number of rotatable bonds is 2. The van der Waals surface area contributed by atoms with Crippen LogP contribution in [0, 0.1) is 5.92 Å². The number of hydrogen-bond acceptors (Lipinski definition) is 2. The third-order valence-electron chi connectivity index (χ3n) is 3.85. The Morgan fingerprint density at radius 2 is 2.05 bits per heavy atom. The molecule has 1 N–H and O–H groups in total. The molecule has 2 aromatic rings. The number of hydrogen-bond donors (Lipinski definition) is 1. The van der Waals surface area contributed by atoms with E-state index in [-0.39, 0.29) is 5.56 Å². The molecule has 4 heteroatoms. The number of nitrogens with zero attached hydrogens (tertiary/aromatic N) is 1. The minimum Gasteiger partial charge on any atom is -0.317 e. The molecule has 0 amide bonds. The molecule has 0 atom stereocenters. The van der Waals surface area contributed by atoms with Gasteiger partial charge in [-0.3, -0.25) is 4.79 Å². The van der Waals surface area contributed by atoms with Crippen LogP contribution < -0.4 is 10.9 Å². The smallest absolute Gasteiger partial charge is 0.258 e. The van der Waals surface area contributed by atoms with Gasteiger partial charge in [0.2, 0.25) is 0 Å². The standard InChI is InChI=1S/C15H17ClN2O/c16-13-1-2-14-12(9-13)5-8-18(15(14)19)10-11-3-6-17-7-4-11/h1-2,5,8-9,11,17H,3-4,6-7,10H2. The summed E-state index contributed by atoms with van der Waals surface area (Å²) < 4.78 is 1.84. The summed E-state index contributed by atoms with van der Waals surface area (Å²) in [5.41, 5.74) is 0.0905. The molecule has 100 valence electrons. The quantitative estimate of drug-likeness (QED) is 0.915. The van der Waals surface area contributed by atoms with Crippen molar-refractivity contribution in [1.29, 1.82) is 0 Å². The van der Waals surface area contributed by atoms with Gasteiger partial charge in [0.1, 0.15) is 0 Å². The van der Waals surface area contributed by atoms with E-state index < -0.39 is 0 Å². The Balaban J connectivity index is 1.93. The molecule has 3 nitrogen and oxygen atoms in total. The van der Waals surface area contributed by atoms with Crippen LogP contribution >= 0.6 is 11.6 Å². The molecule has 1 fully saturated rings. The summed E-state index contributed by atoms with van der Waals surface area (Å²) >= 11 is 5.95. The van der Waals surface area contributed by atoms with Crippen LogP contribution in [0.1, 0.15) is 12.8 Å². The molecule has 2 heterocycles. The molecular formula is C15H17ClN2O. The summed E-state index contributed by atoms with van der Waals surface area (Å²) in [6, 6.07) is 7.41. The molecule has 1 aromatic heterocycles. The first-order chi connectivity index (χ1) is 9.24. The van der Waals surface area contributed by atoms with Crippen molar-refractivity contribution >= 4 is 22.4 Å². The molecule has 1 aliphatic heterocycles. The van der Waals surface area contributed by atoms with Crippen molar-refractivity contribution in [3.63, 3.8) is 0 Å². The lowest BCUT2D eigenvalue weighted by molar-refractivity contribution is 0.330. The van der Waals surface area contributed by atoms with Gasteiger partial charge in [0.15, 0.2) is 0 Å². The van der Waals surface area contributed by atoms with Gasteiger partial charge < -0.3 is 9.88 Å². The Hall–Kier alpha value is -1.32. The van der Waals surface area contributed by atoms with Gasteiger partial charge in [-0.2, -0.15) is 0 Å². The largest absolute Gasteiger partial charge is 0.317 e. The SMILES string of the molecule is O=c1c2ccc(Cl)cc2ccn1CC1CCNCC1. The average Bonchev–Trinajstić information content (AvgIpc) is 2.43. The van der Waals surface area contributed by atoms with E-state index in [4.69, 9.17) is 11.6 Å². The molecule has 3 rings (SSSR count). The fourth-order valence-corrected chi connectivity index (χ4v) is 2.93. The Labute approximate surface area is 117 Å². The van der Waals surface area contributed by atoms with E-state index >= 15 is 0 Å². The molecule has 1 saturated heterocycles. The highest BCUT2D eigenvalue weighted by molar-refractivity contribution is 6.31. The first-order valence-electron chi connectivity index (χ1n) is 6.73. The zero-order valence-electron chi connectivity index (χ0n) is 10.7. The van der Waals surface area contributed by atoms with Gasteiger partial charge in [0.25, 0.3) is 5.56 Å². The summed E-state index contributed by atoms with van der Waals surface area (Å²) in [5, 5.41) is 5.68. The van der Waals surface area contributed by atoms with E-state index in [0.717, 1.165) is 43.2 Å². The van der Waals surface area contributed by atoms with Crippen LogP contribution in [-0.2, 0) is 6.54 Å². The zero-order chi connectivity index (χ0) is 13.2. The summed E-state index contributed by atoms with van der Waals surface area (Å²) in [6.45, 7) is 2.93. The van der Waals surface area contributed by atoms with E-state index in [1.807, 2.05) is 29.0 Å². The van der Waals surface area contributed by atoms with Crippen LogP contribution in [0.3, 0.4) is 0 Å². The summed E-state index contributed by atoms with van der Waals surface area (Å²) in [4.78, 5) is 12.4. The van der Waals surface area contributed by atoms with Crippen molar-refractivity contribution in [2.24, 2.45) is 5.92 Å². The number of fused-ring (bicyclic) bond motifs is 1.